The third kappa shape index (κ3) is 2.40. The highest BCUT2D eigenvalue weighted by atomic mass is 32.1. The number of hydrogen-bond donors (Lipinski definition) is 1. The minimum atomic E-state index is -0.147. The molecular formula is C14H15N5OS. The lowest BCUT2D eigenvalue weighted by Gasteiger charge is -2.05. The molecule has 0 saturated heterocycles. The summed E-state index contributed by atoms with van der Waals surface area (Å²) in [7, 11) is 0. The molecule has 0 aromatic carbocycles. The molecule has 0 aliphatic rings. The highest BCUT2D eigenvalue weighted by Gasteiger charge is 2.20. The predicted octanol–water partition coefficient (Wildman–Crippen LogP) is 2.87. The van der Waals surface area contributed by atoms with E-state index in [4.69, 9.17) is 0 Å². The fourth-order valence-corrected chi connectivity index (χ4v) is 3.11. The summed E-state index contributed by atoms with van der Waals surface area (Å²) in [4.78, 5) is 17.8. The molecule has 21 heavy (non-hydrogen) atoms. The zero-order valence-electron chi connectivity index (χ0n) is 12.0. The van der Waals surface area contributed by atoms with Crippen LogP contribution in [0.2, 0.25) is 0 Å². The maximum absolute atomic E-state index is 12.4. The number of rotatable bonds is 3. The number of aryl methyl sites for hydroxylation is 1. The van der Waals surface area contributed by atoms with Crippen molar-refractivity contribution in [3.63, 3.8) is 0 Å². The van der Waals surface area contributed by atoms with Gasteiger partial charge in [0.05, 0.1) is 11.9 Å². The Bertz CT molecular complexity index is 790. The van der Waals surface area contributed by atoms with Gasteiger partial charge in [0.25, 0.3) is 5.91 Å². The van der Waals surface area contributed by atoms with Crippen LogP contribution in [0.3, 0.4) is 0 Å². The van der Waals surface area contributed by atoms with Gasteiger partial charge in [-0.05, 0) is 19.1 Å². The maximum Gasteiger partial charge on any atom is 0.267 e. The number of carbonyl (C=O) groups excluding carboxylic acids is 1. The monoisotopic (exact) mass is 301 g/mol. The summed E-state index contributed by atoms with van der Waals surface area (Å²) in [5.74, 6) is 0.979. The second kappa shape index (κ2) is 5.25. The van der Waals surface area contributed by atoms with Crippen molar-refractivity contribution < 1.29 is 4.79 Å². The largest absolute Gasteiger partial charge is 0.320 e. The molecule has 108 valence electrons. The van der Waals surface area contributed by atoms with E-state index in [1.54, 1.807) is 24.5 Å². The second-order valence-electron chi connectivity index (χ2n) is 5.04. The summed E-state index contributed by atoms with van der Waals surface area (Å²) in [6.45, 7) is 6.03. The zero-order valence-corrected chi connectivity index (χ0v) is 12.8. The minimum Gasteiger partial charge on any atom is -0.320 e. The summed E-state index contributed by atoms with van der Waals surface area (Å²) in [5.41, 5.74) is 1.54. The highest BCUT2D eigenvalue weighted by molar-refractivity contribution is 7.19. The first kappa shape index (κ1) is 13.7. The molecule has 0 radical (unpaired) electrons. The summed E-state index contributed by atoms with van der Waals surface area (Å²) < 4.78 is 1.95. The normalized spacial score (nSPS) is 11.2. The van der Waals surface area contributed by atoms with Crippen LogP contribution in [0, 0.1) is 6.92 Å². The van der Waals surface area contributed by atoms with Crippen molar-refractivity contribution in [1.82, 2.24) is 19.6 Å². The first-order valence-corrected chi connectivity index (χ1v) is 7.45. The van der Waals surface area contributed by atoms with Crippen LogP contribution in [-0.2, 0) is 0 Å². The van der Waals surface area contributed by atoms with Crippen molar-refractivity contribution >= 4 is 27.9 Å². The van der Waals surface area contributed by atoms with Gasteiger partial charge in [-0.3, -0.25) is 14.2 Å². The van der Waals surface area contributed by atoms with E-state index in [2.05, 4.69) is 34.3 Å². The van der Waals surface area contributed by atoms with Crippen molar-refractivity contribution in [2.75, 3.05) is 5.32 Å². The lowest BCUT2D eigenvalue weighted by atomic mass is 10.2. The van der Waals surface area contributed by atoms with Crippen molar-refractivity contribution in [1.29, 1.82) is 0 Å². The number of fused-ring (bicyclic) bond motifs is 1. The third-order valence-electron chi connectivity index (χ3n) is 3.16. The third-order valence-corrected chi connectivity index (χ3v) is 4.29. The fourth-order valence-electron chi connectivity index (χ4n) is 2.14. The van der Waals surface area contributed by atoms with Crippen LogP contribution < -0.4 is 5.32 Å². The van der Waals surface area contributed by atoms with E-state index in [1.165, 1.54) is 11.3 Å². The molecule has 0 atom stereocenters. The molecule has 0 aliphatic heterocycles. The number of anilines is 1. The Hall–Kier alpha value is -2.28. The number of nitrogens with one attached hydrogen (secondary N) is 1. The zero-order chi connectivity index (χ0) is 15.0. The fraction of sp³-hybridized carbons (Fsp3) is 0.286. The Morgan fingerprint density at radius 3 is 2.86 bits per heavy atom. The molecule has 3 heterocycles. The Kier molecular flexibility index (Phi) is 3.42. The molecule has 3 aromatic heterocycles. The predicted molar refractivity (Wildman–Crippen MR) is 81.9 cm³/mol. The van der Waals surface area contributed by atoms with Gasteiger partial charge in [0.15, 0.2) is 0 Å². The number of pyridine rings is 1. The number of thiazole rings is 1. The molecule has 1 amide bonds. The topological polar surface area (TPSA) is 72.2 Å². The first-order chi connectivity index (χ1) is 10.1. The van der Waals surface area contributed by atoms with Crippen LogP contribution >= 0.6 is 11.3 Å². The number of amides is 1. The Balaban J connectivity index is 1.97. The van der Waals surface area contributed by atoms with E-state index >= 15 is 0 Å². The Labute approximate surface area is 125 Å². The van der Waals surface area contributed by atoms with Gasteiger partial charge in [-0.2, -0.15) is 0 Å². The molecule has 0 bridgehead atoms. The van der Waals surface area contributed by atoms with Crippen LogP contribution in [0.25, 0.3) is 4.96 Å². The maximum atomic E-state index is 12.4. The van der Waals surface area contributed by atoms with Gasteiger partial charge in [-0.15, -0.1) is 10.2 Å². The summed E-state index contributed by atoms with van der Waals surface area (Å²) in [6, 6.07) is 3.59. The van der Waals surface area contributed by atoms with Crippen LogP contribution in [0.15, 0.2) is 24.5 Å². The molecule has 0 aliphatic carbocycles. The van der Waals surface area contributed by atoms with Crippen LogP contribution in [-0.4, -0.2) is 25.5 Å². The lowest BCUT2D eigenvalue weighted by molar-refractivity contribution is 0.102. The van der Waals surface area contributed by atoms with E-state index < -0.39 is 0 Å². The smallest absolute Gasteiger partial charge is 0.267 e. The van der Waals surface area contributed by atoms with Crippen LogP contribution in [0.1, 0.15) is 41.0 Å². The summed E-state index contributed by atoms with van der Waals surface area (Å²) in [5, 5.41) is 11.2. The van der Waals surface area contributed by atoms with E-state index in [0.717, 1.165) is 16.5 Å². The lowest BCUT2D eigenvalue weighted by Crippen LogP contribution is -2.12. The standard InChI is InChI=1S/C14H15N5OS/c1-8(2)12-17-18-14-19(12)9(3)11(21-14)13(20)16-10-5-4-6-15-7-10/h4-8H,1-3H3,(H,16,20). The quantitative estimate of drug-likeness (QED) is 0.807. The molecule has 3 aromatic rings. The van der Waals surface area contributed by atoms with Crippen molar-refractivity contribution in [3.05, 3.63) is 40.9 Å². The molecule has 0 unspecified atom stereocenters. The van der Waals surface area contributed by atoms with E-state index in [1.807, 2.05) is 11.3 Å². The average molecular weight is 301 g/mol. The number of hydrogen-bond acceptors (Lipinski definition) is 5. The van der Waals surface area contributed by atoms with Crippen LogP contribution in [0.4, 0.5) is 5.69 Å². The van der Waals surface area contributed by atoms with E-state index in [9.17, 15) is 4.79 Å². The molecule has 0 fully saturated rings. The minimum absolute atomic E-state index is 0.147. The van der Waals surface area contributed by atoms with E-state index in [0.29, 0.717) is 10.6 Å². The molecule has 6 nitrogen and oxygen atoms in total. The van der Waals surface area contributed by atoms with Gasteiger partial charge in [-0.1, -0.05) is 25.2 Å². The van der Waals surface area contributed by atoms with Gasteiger partial charge >= 0.3 is 0 Å². The first-order valence-electron chi connectivity index (χ1n) is 6.63. The molecule has 1 N–H and O–H groups in total. The van der Waals surface area contributed by atoms with Gasteiger partial charge < -0.3 is 5.32 Å². The van der Waals surface area contributed by atoms with E-state index in [-0.39, 0.29) is 11.8 Å². The highest BCUT2D eigenvalue weighted by Crippen LogP contribution is 2.26. The van der Waals surface area contributed by atoms with Crippen molar-refractivity contribution in [2.45, 2.75) is 26.7 Å². The van der Waals surface area contributed by atoms with Gasteiger partial charge in [0, 0.05) is 17.8 Å². The average Bonchev–Trinajstić information content (AvgIpc) is 3.01. The van der Waals surface area contributed by atoms with Crippen molar-refractivity contribution in [3.8, 4) is 0 Å². The molecule has 3 rings (SSSR count). The SMILES string of the molecule is Cc1c(C(=O)Nc2cccnc2)sc2nnc(C(C)C)n12. The van der Waals surface area contributed by atoms with Gasteiger partial charge in [-0.25, -0.2) is 0 Å². The van der Waals surface area contributed by atoms with Crippen LogP contribution in [0.5, 0.6) is 0 Å². The van der Waals surface area contributed by atoms with Gasteiger partial charge in [0.1, 0.15) is 10.7 Å². The Morgan fingerprint density at radius 2 is 2.19 bits per heavy atom. The second-order valence-corrected chi connectivity index (χ2v) is 6.02. The number of carbonyl (C=O) groups is 1. The number of aromatic nitrogens is 4. The van der Waals surface area contributed by atoms with Crippen molar-refractivity contribution in [2.24, 2.45) is 0 Å². The molecule has 7 heteroatoms. The summed E-state index contributed by atoms with van der Waals surface area (Å²) >= 11 is 1.35. The Morgan fingerprint density at radius 1 is 1.38 bits per heavy atom. The number of nitrogens with zero attached hydrogens (tertiary/aromatic N) is 4. The molecule has 0 saturated carbocycles. The van der Waals surface area contributed by atoms with Gasteiger partial charge in [0.2, 0.25) is 4.96 Å². The molecule has 0 spiro atoms. The molecular weight excluding hydrogens is 286 g/mol. The summed E-state index contributed by atoms with van der Waals surface area (Å²) in [6.07, 6.45) is 3.29.